The zero-order chi connectivity index (χ0) is 5.54. The summed E-state index contributed by atoms with van der Waals surface area (Å²) in [5.74, 6) is 0. The van der Waals surface area contributed by atoms with Gasteiger partial charge in [-0.05, 0) is 6.08 Å². The highest BCUT2D eigenvalue weighted by Crippen LogP contribution is 1.53. The van der Waals surface area contributed by atoms with Gasteiger partial charge in [0.15, 0.2) is 0 Å². The van der Waals surface area contributed by atoms with Crippen LogP contribution >= 0.6 is 0 Å². The second-order valence-corrected chi connectivity index (χ2v) is 0.986. The quantitative estimate of drug-likeness (QED) is 0.212. The minimum Gasteiger partial charge on any atom is -0.299 e. The van der Waals surface area contributed by atoms with Crippen molar-refractivity contribution < 1.29 is 4.79 Å². The second kappa shape index (κ2) is 5.21. The van der Waals surface area contributed by atoms with Crippen molar-refractivity contribution in [2.45, 2.75) is 0 Å². The summed E-state index contributed by atoms with van der Waals surface area (Å²) in [6.45, 7) is 0. The highest BCUT2D eigenvalue weighted by atomic mass is 32.1. The molecule has 0 aliphatic rings. The van der Waals surface area contributed by atoms with E-state index in [9.17, 15) is 4.79 Å². The molecule has 0 aromatic heterocycles. The van der Waals surface area contributed by atoms with Crippen LogP contribution in [0.5, 0.6) is 0 Å². The lowest BCUT2D eigenvalue weighted by atomic mass is 10.6. The molecule has 0 unspecified atom stereocenters. The van der Waals surface area contributed by atoms with Crippen LogP contribution in [-0.2, 0) is 17.2 Å². The monoisotopic (exact) mass is 114 g/mol. The molecule has 0 aliphatic heterocycles. The van der Waals surface area contributed by atoms with Gasteiger partial charge in [-0.1, -0.05) is 0 Å². The molecule has 7 heavy (non-hydrogen) atoms. The number of carbonyl (C=O) groups is 1. The third-order valence-electron chi connectivity index (χ3n) is 0.337. The van der Waals surface area contributed by atoms with Gasteiger partial charge in [-0.3, -0.25) is 4.79 Å². The van der Waals surface area contributed by atoms with Crippen LogP contribution in [0.2, 0.25) is 0 Å². The molecule has 0 aromatic rings. The molecule has 0 saturated heterocycles. The fourth-order valence-corrected chi connectivity index (χ4v) is 0.200. The van der Waals surface area contributed by atoms with Crippen LogP contribution in [0, 0.1) is 0 Å². The van der Waals surface area contributed by atoms with Crippen molar-refractivity contribution in [1.82, 2.24) is 4.04 Å². The second-order valence-electron chi connectivity index (χ2n) is 0.775. The number of allylic oxidation sites excluding steroid dienone is 2. The topological polar surface area (TPSA) is 31.2 Å². The van der Waals surface area contributed by atoms with E-state index < -0.39 is 0 Å². The predicted molar refractivity (Wildman–Crippen MR) is 30.8 cm³/mol. The van der Waals surface area contributed by atoms with E-state index in [0.29, 0.717) is 6.29 Å². The number of aldehydes is 1. The Morgan fingerprint density at radius 2 is 2.14 bits per heavy atom. The smallest absolute Gasteiger partial charge is 0.299 e. The first-order valence-electron chi connectivity index (χ1n) is 1.68. The lowest BCUT2D eigenvalue weighted by molar-refractivity contribution is -0.104. The Balaban J connectivity index is 3.47. The average molecular weight is 114 g/mol. The molecule has 0 saturated carbocycles. The van der Waals surface area contributed by atoms with Crippen molar-refractivity contribution in [2.75, 3.05) is 0 Å². The molecular weight excluding hydrogens is 110 g/mol. The Morgan fingerprint density at radius 3 is 2.57 bits per heavy atom. The fourth-order valence-electron chi connectivity index (χ4n) is 0.130. The molecule has 0 heterocycles. The molecule has 36 valence electrons. The van der Waals surface area contributed by atoms with E-state index in [1.165, 1.54) is 18.4 Å². The first-order chi connectivity index (χ1) is 3.41. The summed E-state index contributed by atoms with van der Waals surface area (Å²) in [7, 11) is 0. The van der Waals surface area contributed by atoms with Gasteiger partial charge in [0.1, 0.15) is 6.29 Å². The fraction of sp³-hybridized carbons (Fsp3) is 0. The summed E-state index contributed by atoms with van der Waals surface area (Å²) in [4.78, 5) is 9.50. The van der Waals surface area contributed by atoms with Gasteiger partial charge >= 0.3 is 18.6 Å². The highest BCUT2D eigenvalue weighted by Gasteiger charge is 1.66. The van der Waals surface area contributed by atoms with Gasteiger partial charge in [-0.25, -0.2) is 0 Å². The molecule has 0 aliphatic carbocycles. The van der Waals surface area contributed by atoms with E-state index in [1.54, 1.807) is 0 Å². The van der Waals surface area contributed by atoms with Crippen LogP contribution < -0.4 is 4.04 Å². The summed E-state index contributed by atoms with van der Waals surface area (Å²) in [5.41, 5.74) is 0. The van der Waals surface area contributed by atoms with Gasteiger partial charge in [0.2, 0.25) is 0 Å². The molecular formula is C4H4NOS+. The third kappa shape index (κ3) is 5.21. The van der Waals surface area contributed by atoms with Crippen molar-refractivity contribution in [1.29, 1.82) is 0 Å². The SMILES string of the molecule is O=CC=CC=[N+]=S. The zero-order valence-electron chi connectivity index (χ0n) is 3.57. The number of nitrogens with zero attached hydrogens (tertiary/aromatic N) is 1. The number of hydrogen-bond donors (Lipinski definition) is 0. The minimum atomic E-state index is 0.664. The van der Waals surface area contributed by atoms with Gasteiger partial charge in [0, 0.05) is 10.1 Å². The van der Waals surface area contributed by atoms with E-state index in [1.807, 2.05) is 0 Å². The molecule has 0 spiro atoms. The van der Waals surface area contributed by atoms with Crippen molar-refractivity contribution in [2.24, 2.45) is 0 Å². The predicted octanol–water partition coefficient (Wildman–Crippen LogP) is -0.390. The number of rotatable bonds is 2. The molecule has 0 radical (unpaired) electrons. The summed E-state index contributed by atoms with van der Waals surface area (Å²) in [6.07, 6.45) is 4.82. The van der Waals surface area contributed by atoms with Gasteiger partial charge in [-0.15, -0.1) is 0 Å². The Labute approximate surface area is 46.7 Å². The maximum Gasteiger partial charge on any atom is 0.421 e. The van der Waals surface area contributed by atoms with Crippen molar-refractivity contribution in [3.05, 3.63) is 12.2 Å². The van der Waals surface area contributed by atoms with Gasteiger partial charge in [0.25, 0.3) is 0 Å². The normalized spacial score (nSPS) is 8.00. The minimum absolute atomic E-state index is 0.664. The summed E-state index contributed by atoms with van der Waals surface area (Å²) < 4.78 is 3.19. The first-order valence-corrected chi connectivity index (χ1v) is 2.04. The van der Waals surface area contributed by atoms with E-state index in [0.717, 1.165) is 0 Å². The van der Waals surface area contributed by atoms with Crippen molar-refractivity contribution in [3.63, 3.8) is 0 Å². The van der Waals surface area contributed by atoms with Crippen LogP contribution in [-0.4, -0.2) is 12.5 Å². The Hall–Kier alpha value is -0.790. The standard InChI is InChI=1S/C4H4NOS/c6-4-2-1-3-5-7/h1-4H/q+1. The van der Waals surface area contributed by atoms with Crippen molar-refractivity contribution >= 4 is 24.9 Å². The van der Waals surface area contributed by atoms with E-state index in [-0.39, 0.29) is 0 Å². The lowest BCUT2D eigenvalue weighted by Gasteiger charge is -1.48. The van der Waals surface area contributed by atoms with E-state index in [4.69, 9.17) is 0 Å². The maximum atomic E-state index is 9.50. The lowest BCUT2D eigenvalue weighted by Crippen LogP contribution is -1.66. The summed E-state index contributed by atoms with van der Waals surface area (Å²) >= 11 is 4.17. The van der Waals surface area contributed by atoms with Gasteiger partial charge < -0.3 is 0 Å². The summed E-state index contributed by atoms with van der Waals surface area (Å²) in [5, 5.41) is 0. The van der Waals surface area contributed by atoms with Gasteiger partial charge in [0.05, 0.1) is 0 Å². The van der Waals surface area contributed by atoms with Crippen LogP contribution in [0.25, 0.3) is 0 Å². The average Bonchev–Trinajstić information content (AvgIpc) is 1.69. The Morgan fingerprint density at radius 1 is 1.43 bits per heavy atom. The molecule has 0 fully saturated rings. The number of hydrogen-bond acceptors (Lipinski definition) is 2. The highest BCUT2D eigenvalue weighted by molar-refractivity contribution is 7.46. The molecule has 2 nitrogen and oxygen atoms in total. The van der Waals surface area contributed by atoms with Crippen LogP contribution in [0.3, 0.4) is 0 Å². The van der Waals surface area contributed by atoms with Gasteiger partial charge in [-0.2, -0.15) is 0 Å². The first kappa shape index (κ1) is 6.21. The maximum absolute atomic E-state index is 9.50. The van der Waals surface area contributed by atoms with Crippen LogP contribution in [0.4, 0.5) is 0 Å². The Bertz CT molecular complexity index is 124. The molecule has 0 bridgehead atoms. The molecule has 0 aromatic carbocycles. The van der Waals surface area contributed by atoms with Crippen LogP contribution in [0.15, 0.2) is 12.2 Å². The van der Waals surface area contributed by atoms with Crippen molar-refractivity contribution in [3.8, 4) is 0 Å². The molecule has 0 atom stereocenters. The van der Waals surface area contributed by atoms with E-state index in [2.05, 4.69) is 16.5 Å². The van der Waals surface area contributed by atoms with Crippen LogP contribution in [0.1, 0.15) is 0 Å². The molecule has 0 amide bonds. The zero-order valence-corrected chi connectivity index (χ0v) is 4.39. The summed E-state index contributed by atoms with van der Waals surface area (Å²) in [6, 6.07) is 0. The van der Waals surface area contributed by atoms with E-state index >= 15 is 0 Å². The third-order valence-corrected chi connectivity index (χ3v) is 0.458. The molecule has 0 N–H and O–H groups in total. The molecule has 0 rings (SSSR count). The number of carbonyl (C=O) groups excluding carboxylic acids is 1. The Kier molecular flexibility index (Phi) is 4.62. The largest absolute Gasteiger partial charge is 0.421 e. The molecule has 3 heteroatoms.